The average molecular weight is 386 g/mol. The molecule has 1 aromatic heterocycles. The highest BCUT2D eigenvalue weighted by Crippen LogP contribution is 2.16. The minimum Gasteiger partial charge on any atom is -0.492 e. The van der Waals surface area contributed by atoms with Crippen LogP contribution in [-0.4, -0.2) is 28.8 Å². The fourth-order valence-corrected chi connectivity index (χ4v) is 2.80. The molecular formula is C20H20ClN3O3. The van der Waals surface area contributed by atoms with Crippen molar-refractivity contribution >= 4 is 28.3 Å². The van der Waals surface area contributed by atoms with Crippen molar-refractivity contribution in [2.24, 2.45) is 0 Å². The second-order valence-corrected chi connectivity index (χ2v) is 6.73. The Bertz CT molecular complexity index is 1010. The number of rotatable bonds is 6. The summed E-state index contributed by atoms with van der Waals surface area (Å²) in [5.74, 6) is 0.325. The van der Waals surface area contributed by atoms with Crippen molar-refractivity contribution in [3.05, 3.63) is 69.6 Å². The van der Waals surface area contributed by atoms with Gasteiger partial charge in [-0.25, -0.2) is 4.68 Å². The summed E-state index contributed by atoms with van der Waals surface area (Å²) in [5.41, 5.74) is 0.0219. The van der Waals surface area contributed by atoms with Crippen molar-refractivity contribution in [1.29, 1.82) is 0 Å². The fourth-order valence-electron chi connectivity index (χ4n) is 2.67. The summed E-state index contributed by atoms with van der Waals surface area (Å²) in [4.78, 5) is 25.2. The summed E-state index contributed by atoms with van der Waals surface area (Å²) >= 11 is 5.83. The van der Waals surface area contributed by atoms with E-state index in [1.165, 1.54) is 4.68 Å². The van der Waals surface area contributed by atoms with Gasteiger partial charge in [-0.05, 0) is 44.2 Å². The highest BCUT2D eigenvalue weighted by Gasteiger charge is 2.17. The van der Waals surface area contributed by atoms with E-state index in [2.05, 4.69) is 10.4 Å². The molecule has 1 heterocycles. The molecule has 7 heteroatoms. The molecular weight excluding hydrogens is 366 g/mol. The molecule has 3 rings (SSSR count). The number of aromatic nitrogens is 2. The molecule has 140 valence electrons. The van der Waals surface area contributed by atoms with Gasteiger partial charge in [-0.15, -0.1) is 0 Å². The zero-order chi connectivity index (χ0) is 19.4. The van der Waals surface area contributed by atoms with Crippen LogP contribution in [0.3, 0.4) is 0 Å². The average Bonchev–Trinajstić information content (AvgIpc) is 2.66. The monoisotopic (exact) mass is 385 g/mol. The number of ether oxygens (including phenoxy) is 1. The van der Waals surface area contributed by atoms with Crippen molar-refractivity contribution in [3.8, 4) is 5.75 Å². The van der Waals surface area contributed by atoms with E-state index in [1.54, 1.807) is 48.5 Å². The molecule has 0 saturated heterocycles. The van der Waals surface area contributed by atoms with Crippen LogP contribution in [-0.2, 0) is 0 Å². The van der Waals surface area contributed by atoms with Gasteiger partial charge in [0.15, 0.2) is 5.69 Å². The predicted octanol–water partition coefficient (Wildman–Crippen LogP) is 3.44. The van der Waals surface area contributed by atoms with E-state index in [0.717, 1.165) is 0 Å². The molecule has 0 radical (unpaired) electrons. The second-order valence-electron chi connectivity index (χ2n) is 6.30. The minimum atomic E-state index is -0.347. The zero-order valence-corrected chi connectivity index (χ0v) is 15.9. The smallest absolute Gasteiger partial charge is 0.274 e. The maximum absolute atomic E-state index is 12.6. The number of halogens is 1. The summed E-state index contributed by atoms with van der Waals surface area (Å²) < 4.78 is 6.90. The van der Waals surface area contributed by atoms with Gasteiger partial charge >= 0.3 is 0 Å². The number of fused-ring (bicyclic) bond motifs is 1. The van der Waals surface area contributed by atoms with Crippen LogP contribution in [0.5, 0.6) is 5.75 Å². The lowest BCUT2D eigenvalue weighted by Crippen LogP contribution is -2.33. The van der Waals surface area contributed by atoms with Crippen molar-refractivity contribution in [3.63, 3.8) is 0 Å². The Hall–Kier alpha value is -2.86. The van der Waals surface area contributed by atoms with Gasteiger partial charge in [-0.3, -0.25) is 9.59 Å². The molecule has 0 aliphatic heterocycles. The Morgan fingerprint density at radius 1 is 1.15 bits per heavy atom. The summed E-state index contributed by atoms with van der Waals surface area (Å²) in [7, 11) is 0. The number of hydrogen-bond donors (Lipinski definition) is 1. The Balaban J connectivity index is 1.74. The van der Waals surface area contributed by atoms with E-state index in [9.17, 15) is 9.59 Å². The third kappa shape index (κ3) is 4.28. The zero-order valence-electron chi connectivity index (χ0n) is 15.1. The van der Waals surface area contributed by atoms with Crippen LogP contribution in [0.4, 0.5) is 0 Å². The number of carbonyl (C=O) groups excluding carboxylic acids is 1. The molecule has 3 aromatic rings. The molecule has 0 saturated carbocycles. The van der Waals surface area contributed by atoms with Crippen LogP contribution in [0.2, 0.25) is 5.02 Å². The molecule has 0 bridgehead atoms. The lowest BCUT2D eigenvalue weighted by Gasteiger charge is -2.13. The molecule has 2 aromatic carbocycles. The van der Waals surface area contributed by atoms with Gasteiger partial charge in [0.25, 0.3) is 11.5 Å². The van der Waals surface area contributed by atoms with E-state index >= 15 is 0 Å². The molecule has 0 aliphatic rings. The van der Waals surface area contributed by atoms with Crippen LogP contribution in [0.1, 0.15) is 30.4 Å². The first kappa shape index (κ1) is 18.9. The third-order valence-electron chi connectivity index (χ3n) is 4.00. The van der Waals surface area contributed by atoms with Gasteiger partial charge in [0.1, 0.15) is 12.4 Å². The Kier molecular flexibility index (Phi) is 5.76. The van der Waals surface area contributed by atoms with Crippen LogP contribution in [0.25, 0.3) is 10.8 Å². The van der Waals surface area contributed by atoms with Gasteiger partial charge in [0.05, 0.1) is 18.0 Å². The highest BCUT2D eigenvalue weighted by atomic mass is 35.5. The summed E-state index contributed by atoms with van der Waals surface area (Å²) in [6.45, 7) is 4.31. The van der Waals surface area contributed by atoms with Crippen molar-refractivity contribution in [2.45, 2.75) is 19.9 Å². The number of carbonyl (C=O) groups is 1. The normalized spacial score (nSPS) is 11.0. The second kappa shape index (κ2) is 8.22. The number of benzene rings is 2. The summed E-state index contributed by atoms with van der Waals surface area (Å²) in [6.07, 6.45) is 0. The highest BCUT2D eigenvalue weighted by molar-refractivity contribution is 6.30. The Morgan fingerprint density at radius 2 is 1.81 bits per heavy atom. The Morgan fingerprint density at radius 3 is 2.48 bits per heavy atom. The van der Waals surface area contributed by atoms with Crippen LogP contribution >= 0.6 is 11.6 Å². The maximum Gasteiger partial charge on any atom is 0.274 e. The lowest BCUT2D eigenvalue weighted by atomic mass is 10.1. The van der Waals surface area contributed by atoms with E-state index in [4.69, 9.17) is 16.3 Å². The molecule has 1 N–H and O–H groups in total. The largest absolute Gasteiger partial charge is 0.492 e. The van der Waals surface area contributed by atoms with E-state index < -0.39 is 0 Å². The van der Waals surface area contributed by atoms with E-state index in [0.29, 0.717) is 34.7 Å². The molecule has 0 unspecified atom stereocenters. The molecule has 6 nitrogen and oxygen atoms in total. The van der Waals surface area contributed by atoms with Crippen LogP contribution in [0.15, 0.2) is 53.3 Å². The number of amides is 1. The van der Waals surface area contributed by atoms with E-state index in [-0.39, 0.29) is 23.2 Å². The quantitative estimate of drug-likeness (QED) is 0.660. The first-order valence-corrected chi connectivity index (χ1v) is 9.03. The van der Waals surface area contributed by atoms with Crippen molar-refractivity contribution in [1.82, 2.24) is 15.1 Å². The molecule has 0 fully saturated rings. The van der Waals surface area contributed by atoms with Crippen molar-refractivity contribution < 1.29 is 9.53 Å². The van der Waals surface area contributed by atoms with Gasteiger partial charge in [-0.1, -0.05) is 29.8 Å². The van der Waals surface area contributed by atoms with Crippen molar-refractivity contribution in [2.75, 3.05) is 13.2 Å². The number of nitrogens with one attached hydrogen (secondary N) is 1. The van der Waals surface area contributed by atoms with Gasteiger partial charge in [-0.2, -0.15) is 5.10 Å². The maximum atomic E-state index is 12.6. The summed E-state index contributed by atoms with van der Waals surface area (Å²) in [6, 6.07) is 13.8. The first-order valence-electron chi connectivity index (χ1n) is 8.65. The minimum absolute atomic E-state index is 0.151. The van der Waals surface area contributed by atoms with E-state index in [1.807, 2.05) is 13.8 Å². The van der Waals surface area contributed by atoms with Crippen LogP contribution in [0, 0.1) is 0 Å². The van der Waals surface area contributed by atoms with Gasteiger partial charge in [0.2, 0.25) is 0 Å². The number of nitrogens with zero attached hydrogens (tertiary/aromatic N) is 2. The Labute approximate surface area is 161 Å². The number of hydrogen-bond acceptors (Lipinski definition) is 4. The third-order valence-corrected chi connectivity index (χ3v) is 4.25. The molecule has 27 heavy (non-hydrogen) atoms. The predicted molar refractivity (Wildman–Crippen MR) is 106 cm³/mol. The molecule has 0 aliphatic carbocycles. The van der Waals surface area contributed by atoms with Gasteiger partial charge in [0, 0.05) is 10.4 Å². The van der Waals surface area contributed by atoms with Crippen LogP contribution < -0.4 is 15.6 Å². The fraction of sp³-hybridized carbons (Fsp3) is 0.250. The first-order chi connectivity index (χ1) is 13.0. The topological polar surface area (TPSA) is 73.2 Å². The molecule has 0 atom stereocenters. The standard InChI is InChI=1S/C20H20ClN3O3/c1-13(2)24-20(26)17-6-4-3-5-16(17)18(23-24)19(25)22-11-12-27-15-9-7-14(21)8-10-15/h3-10,13H,11-12H2,1-2H3,(H,22,25). The van der Waals surface area contributed by atoms with Gasteiger partial charge < -0.3 is 10.1 Å². The molecule has 0 spiro atoms. The lowest BCUT2D eigenvalue weighted by molar-refractivity contribution is 0.0941. The SMILES string of the molecule is CC(C)n1nc(C(=O)NCCOc2ccc(Cl)cc2)c2ccccc2c1=O. The molecule has 1 amide bonds. The summed E-state index contributed by atoms with van der Waals surface area (Å²) in [5, 5.41) is 8.72.